The van der Waals surface area contributed by atoms with Crippen molar-refractivity contribution in [1.82, 2.24) is 10.2 Å². The molecule has 0 aromatic heterocycles. The number of nitrogens with zero attached hydrogens (tertiary/aromatic N) is 1. The zero-order chi connectivity index (χ0) is 24.0. The van der Waals surface area contributed by atoms with Gasteiger partial charge in [-0.1, -0.05) is 79.5 Å². The fourth-order valence-corrected chi connectivity index (χ4v) is 3.95. The van der Waals surface area contributed by atoms with Crippen LogP contribution in [0.2, 0.25) is 10.0 Å². The second-order valence-electron chi connectivity index (χ2n) is 8.30. The highest BCUT2D eigenvalue weighted by atomic mass is 35.5. The van der Waals surface area contributed by atoms with E-state index in [1.807, 2.05) is 56.3 Å². The van der Waals surface area contributed by atoms with Crippen LogP contribution in [0.25, 0.3) is 10.8 Å². The second-order valence-corrected chi connectivity index (χ2v) is 9.12. The Morgan fingerprint density at radius 3 is 2.27 bits per heavy atom. The molecule has 0 saturated carbocycles. The smallest absolute Gasteiger partial charge is 0.261 e. The summed E-state index contributed by atoms with van der Waals surface area (Å²) in [6, 6.07) is 17.9. The summed E-state index contributed by atoms with van der Waals surface area (Å²) in [6.45, 7) is 6.09. The molecular weight excluding hydrogens is 459 g/mol. The number of fused-ring (bicyclic) bond motifs is 1. The van der Waals surface area contributed by atoms with E-state index in [0.717, 1.165) is 10.8 Å². The SMILES string of the molecule is CC(C)CNC(=O)[C@@H](C)N(Cc1c(Cl)cccc1Cl)C(=O)COc1cccc2ccccc12. The van der Waals surface area contributed by atoms with Gasteiger partial charge < -0.3 is 15.0 Å². The molecule has 1 atom stereocenters. The maximum Gasteiger partial charge on any atom is 0.261 e. The maximum atomic E-state index is 13.3. The van der Waals surface area contributed by atoms with Crippen LogP contribution in [0, 0.1) is 5.92 Å². The minimum atomic E-state index is -0.736. The number of hydrogen-bond donors (Lipinski definition) is 1. The van der Waals surface area contributed by atoms with Crippen molar-refractivity contribution in [2.24, 2.45) is 5.92 Å². The van der Waals surface area contributed by atoms with Crippen LogP contribution < -0.4 is 10.1 Å². The Hall–Kier alpha value is -2.76. The summed E-state index contributed by atoms with van der Waals surface area (Å²) in [7, 11) is 0. The second kappa shape index (κ2) is 11.4. The molecule has 3 aromatic carbocycles. The molecule has 0 aliphatic carbocycles. The molecule has 0 fully saturated rings. The first-order chi connectivity index (χ1) is 15.8. The van der Waals surface area contributed by atoms with Crippen molar-refractivity contribution in [3.8, 4) is 5.75 Å². The van der Waals surface area contributed by atoms with Gasteiger partial charge >= 0.3 is 0 Å². The van der Waals surface area contributed by atoms with E-state index in [-0.39, 0.29) is 30.9 Å². The van der Waals surface area contributed by atoms with E-state index in [2.05, 4.69) is 5.32 Å². The van der Waals surface area contributed by atoms with Crippen LogP contribution in [0.4, 0.5) is 0 Å². The minimum absolute atomic E-state index is 0.0898. The molecule has 33 heavy (non-hydrogen) atoms. The zero-order valence-electron chi connectivity index (χ0n) is 19.0. The fraction of sp³-hybridized carbons (Fsp3) is 0.308. The molecular formula is C26H28Cl2N2O3. The summed E-state index contributed by atoms with van der Waals surface area (Å²) in [6.07, 6.45) is 0. The van der Waals surface area contributed by atoms with Gasteiger partial charge in [-0.25, -0.2) is 0 Å². The highest BCUT2D eigenvalue weighted by Crippen LogP contribution is 2.28. The number of carbonyl (C=O) groups is 2. The lowest BCUT2D eigenvalue weighted by Gasteiger charge is -2.29. The van der Waals surface area contributed by atoms with Gasteiger partial charge in [-0.3, -0.25) is 9.59 Å². The van der Waals surface area contributed by atoms with Crippen LogP contribution in [0.5, 0.6) is 5.75 Å². The standard InChI is InChI=1S/C26H28Cl2N2O3/c1-17(2)14-29-26(32)18(3)30(15-21-22(27)11-7-12-23(21)28)25(31)16-33-24-13-6-9-19-8-4-5-10-20(19)24/h4-13,17-18H,14-16H2,1-3H3,(H,29,32)/t18-/m1/s1. The summed E-state index contributed by atoms with van der Waals surface area (Å²) >= 11 is 12.7. The van der Waals surface area contributed by atoms with E-state index in [1.54, 1.807) is 25.1 Å². The van der Waals surface area contributed by atoms with Crippen LogP contribution in [0.15, 0.2) is 60.7 Å². The Labute approximate surface area is 204 Å². The van der Waals surface area contributed by atoms with Crippen LogP contribution >= 0.6 is 23.2 Å². The molecule has 0 aliphatic rings. The van der Waals surface area contributed by atoms with E-state index in [1.165, 1.54) is 4.90 Å². The van der Waals surface area contributed by atoms with E-state index in [0.29, 0.717) is 27.9 Å². The molecule has 0 heterocycles. The van der Waals surface area contributed by atoms with E-state index in [4.69, 9.17) is 27.9 Å². The Balaban J connectivity index is 1.82. The van der Waals surface area contributed by atoms with Gasteiger partial charge in [0.05, 0.1) is 0 Å². The average Bonchev–Trinajstić information content (AvgIpc) is 2.80. The predicted molar refractivity (Wildman–Crippen MR) is 134 cm³/mol. The van der Waals surface area contributed by atoms with Crippen molar-refractivity contribution < 1.29 is 14.3 Å². The van der Waals surface area contributed by atoms with Crippen molar-refractivity contribution in [1.29, 1.82) is 0 Å². The number of ether oxygens (including phenoxy) is 1. The third-order valence-corrected chi connectivity index (χ3v) is 6.05. The molecule has 5 nitrogen and oxygen atoms in total. The van der Waals surface area contributed by atoms with Gasteiger partial charge in [-0.2, -0.15) is 0 Å². The number of hydrogen-bond acceptors (Lipinski definition) is 3. The molecule has 0 aliphatic heterocycles. The van der Waals surface area contributed by atoms with Crippen molar-refractivity contribution >= 4 is 45.8 Å². The third-order valence-electron chi connectivity index (χ3n) is 5.34. The number of benzene rings is 3. The number of amides is 2. The van der Waals surface area contributed by atoms with E-state index < -0.39 is 6.04 Å². The quantitative estimate of drug-likeness (QED) is 0.420. The first kappa shape index (κ1) is 24.9. The van der Waals surface area contributed by atoms with Gasteiger partial charge in [-0.15, -0.1) is 0 Å². The van der Waals surface area contributed by atoms with Gasteiger partial charge in [-0.05, 0) is 36.4 Å². The average molecular weight is 487 g/mol. The lowest BCUT2D eigenvalue weighted by Crippen LogP contribution is -2.49. The number of nitrogens with one attached hydrogen (secondary N) is 1. The molecule has 0 bridgehead atoms. The maximum absolute atomic E-state index is 13.3. The van der Waals surface area contributed by atoms with Gasteiger partial charge in [0.15, 0.2) is 6.61 Å². The van der Waals surface area contributed by atoms with Crippen molar-refractivity contribution in [2.45, 2.75) is 33.4 Å². The minimum Gasteiger partial charge on any atom is -0.483 e. The van der Waals surface area contributed by atoms with Gasteiger partial charge in [0, 0.05) is 34.1 Å². The molecule has 3 aromatic rings. The third kappa shape index (κ3) is 6.40. The van der Waals surface area contributed by atoms with Gasteiger partial charge in [0.25, 0.3) is 5.91 Å². The first-order valence-corrected chi connectivity index (χ1v) is 11.6. The Morgan fingerprint density at radius 1 is 0.939 bits per heavy atom. The van der Waals surface area contributed by atoms with Crippen LogP contribution in [-0.2, 0) is 16.1 Å². The largest absolute Gasteiger partial charge is 0.483 e. The lowest BCUT2D eigenvalue weighted by molar-refractivity contribution is -0.142. The van der Waals surface area contributed by atoms with Gasteiger partial charge in [0.2, 0.25) is 5.91 Å². The van der Waals surface area contributed by atoms with Crippen LogP contribution in [-0.4, -0.2) is 35.9 Å². The van der Waals surface area contributed by atoms with E-state index in [9.17, 15) is 9.59 Å². The Bertz CT molecular complexity index is 1110. The summed E-state index contributed by atoms with van der Waals surface area (Å²) in [5.74, 6) is 0.309. The van der Waals surface area contributed by atoms with E-state index >= 15 is 0 Å². The highest BCUT2D eigenvalue weighted by Gasteiger charge is 2.28. The predicted octanol–water partition coefficient (Wildman–Crippen LogP) is 5.71. The van der Waals surface area contributed by atoms with Crippen molar-refractivity contribution in [2.75, 3.05) is 13.2 Å². The zero-order valence-corrected chi connectivity index (χ0v) is 20.5. The molecule has 174 valence electrons. The summed E-state index contributed by atoms with van der Waals surface area (Å²) < 4.78 is 5.90. The summed E-state index contributed by atoms with van der Waals surface area (Å²) in [5, 5.41) is 5.69. The topological polar surface area (TPSA) is 58.6 Å². The molecule has 0 radical (unpaired) electrons. The van der Waals surface area contributed by atoms with Crippen LogP contribution in [0.1, 0.15) is 26.3 Å². The fourth-order valence-electron chi connectivity index (χ4n) is 3.43. The molecule has 0 saturated heterocycles. The number of rotatable bonds is 9. The number of carbonyl (C=O) groups excluding carboxylic acids is 2. The number of halogens is 2. The normalized spacial score (nSPS) is 11.9. The molecule has 0 unspecified atom stereocenters. The first-order valence-electron chi connectivity index (χ1n) is 10.9. The highest BCUT2D eigenvalue weighted by molar-refractivity contribution is 6.36. The van der Waals surface area contributed by atoms with Crippen molar-refractivity contribution in [3.05, 3.63) is 76.3 Å². The summed E-state index contributed by atoms with van der Waals surface area (Å²) in [4.78, 5) is 27.5. The Morgan fingerprint density at radius 2 is 1.58 bits per heavy atom. The lowest BCUT2D eigenvalue weighted by atomic mass is 10.1. The Kier molecular flexibility index (Phi) is 8.59. The molecule has 1 N–H and O–H groups in total. The molecule has 0 spiro atoms. The van der Waals surface area contributed by atoms with Crippen LogP contribution in [0.3, 0.4) is 0 Å². The molecule has 2 amide bonds. The monoisotopic (exact) mass is 486 g/mol. The van der Waals surface area contributed by atoms with Crippen molar-refractivity contribution in [3.63, 3.8) is 0 Å². The molecule has 7 heteroatoms. The van der Waals surface area contributed by atoms with Gasteiger partial charge in [0.1, 0.15) is 11.8 Å². The molecule has 3 rings (SSSR count). The summed E-state index contributed by atoms with van der Waals surface area (Å²) in [5.41, 5.74) is 0.586.